The van der Waals surface area contributed by atoms with Crippen LogP contribution >= 0.6 is 22.7 Å². The second-order valence-electron chi connectivity index (χ2n) is 7.68. The Morgan fingerprint density at radius 3 is 2.91 bits per heavy atom. The van der Waals surface area contributed by atoms with Gasteiger partial charge < -0.3 is 14.0 Å². The molecule has 170 valence electrons. The third-order valence-electron chi connectivity index (χ3n) is 5.48. The number of rotatable bonds is 7. The average Bonchev–Trinajstić information content (AvgIpc) is 3.41. The van der Waals surface area contributed by atoms with Gasteiger partial charge >= 0.3 is 0 Å². The highest BCUT2D eigenvalue weighted by atomic mass is 32.2. The first-order valence-corrected chi connectivity index (χ1v) is 13.6. The number of thiophene rings is 1. The summed E-state index contributed by atoms with van der Waals surface area (Å²) < 4.78 is 49.2. The minimum absolute atomic E-state index is 0.251. The molecule has 0 saturated carbocycles. The molecule has 2 aromatic heterocycles. The molecule has 4 aromatic rings. The second kappa shape index (κ2) is 8.90. The van der Waals surface area contributed by atoms with Crippen molar-refractivity contribution in [3.8, 4) is 11.5 Å². The largest absolute Gasteiger partial charge is 0.748 e. The molecule has 0 fully saturated rings. The van der Waals surface area contributed by atoms with Crippen LogP contribution in [0.3, 0.4) is 0 Å². The molecule has 3 heterocycles. The first-order chi connectivity index (χ1) is 15.9. The summed E-state index contributed by atoms with van der Waals surface area (Å²) in [6.07, 6.45) is 6.43. The fraction of sp³-hybridized carbons (Fsp3) is 0.208. The van der Waals surface area contributed by atoms with Crippen molar-refractivity contribution in [2.24, 2.45) is 0 Å². The van der Waals surface area contributed by atoms with E-state index in [4.69, 9.17) is 9.47 Å². The van der Waals surface area contributed by atoms with E-state index in [1.165, 1.54) is 0 Å². The first-order valence-electron chi connectivity index (χ1n) is 10.4. The molecule has 0 unspecified atom stereocenters. The maximum Gasteiger partial charge on any atom is 0.262 e. The zero-order valence-electron chi connectivity index (χ0n) is 17.8. The maximum atomic E-state index is 11.2. The molecule has 1 aliphatic rings. The molecule has 0 bridgehead atoms. The molecule has 0 radical (unpaired) electrons. The van der Waals surface area contributed by atoms with Crippen molar-refractivity contribution in [3.63, 3.8) is 0 Å². The Morgan fingerprint density at radius 1 is 1.24 bits per heavy atom. The standard InChI is InChI=1S/C24H21NO5S3/c1-29-20-14-21-23(24-18(20)9-11-31-24)25(10-4-12-33(26,27)28)22(32-21)8-7-16-13-17-5-2-3-6-19(17)30-15-16/h2-3,5-9,11,13-14H,4,10,12,15H2,1H3. The van der Waals surface area contributed by atoms with E-state index >= 15 is 0 Å². The summed E-state index contributed by atoms with van der Waals surface area (Å²) in [5, 5.41) is 4.01. The number of benzene rings is 2. The predicted molar refractivity (Wildman–Crippen MR) is 132 cm³/mol. The number of hydrogen-bond donors (Lipinski definition) is 0. The van der Waals surface area contributed by atoms with Crippen molar-refractivity contribution >= 4 is 65.2 Å². The van der Waals surface area contributed by atoms with Gasteiger partial charge in [0.1, 0.15) is 27.5 Å². The Labute approximate surface area is 199 Å². The number of nitrogens with zero attached hydrogens (tertiary/aromatic N) is 1. The zero-order valence-corrected chi connectivity index (χ0v) is 20.3. The number of ether oxygens (including phenoxy) is 2. The predicted octanol–water partition coefficient (Wildman–Crippen LogP) is 4.84. The van der Waals surface area contributed by atoms with E-state index in [0.717, 1.165) is 47.9 Å². The van der Waals surface area contributed by atoms with Gasteiger partial charge in [-0.2, -0.15) is 4.57 Å². The van der Waals surface area contributed by atoms with Gasteiger partial charge in [0, 0.05) is 35.3 Å². The summed E-state index contributed by atoms with van der Waals surface area (Å²) in [6, 6.07) is 12.0. The van der Waals surface area contributed by atoms with Crippen LogP contribution in [-0.4, -0.2) is 32.4 Å². The van der Waals surface area contributed by atoms with Gasteiger partial charge in [0.2, 0.25) is 5.52 Å². The number of aryl methyl sites for hydroxylation is 1. The third-order valence-corrected chi connectivity index (χ3v) is 8.29. The van der Waals surface area contributed by atoms with Gasteiger partial charge in [0.25, 0.3) is 5.01 Å². The van der Waals surface area contributed by atoms with E-state index in [2.05, 4.69) is 10.6 Å². The van der Waals surface area contributed by atoms with Gasteiger partial charge in [-0.05, 0) is 35.2 Å². The smallest absolute Gasteiger partial charge is 0.262 e. The van der Waals surface area contributed by atoms with Crippen molar-refractivity contribution in [2.75, 3.05) is 19.5 Å². The van der Waals surface area contributed by atoms with Gasteiger partial charge in [0.05, 0.1) is 17.2 Å². The second-order valence-corrected chi connectivity index (χ2v) is 11.2. The van der Waals surface area contributed by atoms with Crippen LogP contribution in [0.2, 0.25) is 0 Å². The lowest BCUT2D eigenvalue weighted by molar-refractivity contribution is -0.667. The van der Waals surface area contributed by atoms with Crippen LogP contribution in [0, 0.1) is 0 Å². The van der Waals surface area contributed by atoms with Crippen molar-refractivity contribution in [1.29, 1.82) is 0 Å². The Morgan fingerprint density at radius 2 is 2.09 bits per heavy atom. The van der Waals surface area contributed by atoms with Crippen LogP contribution in [0.4, 0.5) is 0 Å². The average molecular weight is 500 g/mol. The van der Waals surface area contributed by atoms with E-state index in [0.29, 0.717) is 13.2 Å². The van der Waals surface area contributed by atoms with Crippen molar-refractivity contribution < 1.29 is 27.0 Å². The maximum absolute atomic E-state index is 11.2. The van der Waals surface area contributed by atoms with E-state index in [9.17, 15) is 13.0 Å². The molecule has 1 aliphatic heterocycles. The van der Waals surface area contributed by atoms with Gasteiger partial charge in [-0.15, -0.1) is 11.3 Å². The fourth-order valence-corrected chi connectivity index (χ4v) is 6.64. The van der Waals surface area contributed by atoms with Crippen LogP contribution in [0.15, 0.2) is 53.4 Å². The summed E-state index contributed by atoms with van der Waals surface area (Å²) in [6.45, 7) is 0.911. The molecule has 0 saturated heterocycles. The highest BCUT2D eigenvalue weighted by Crippen LogP contribution is 2.38. The highest BCUT2D eigenvalue weighted by molar-refractivity contribution is 7.85. The SMILES string of the molecule is COc1cc2sc(C=CC3=Cc4ccccc4OC3)[n+](CCCS(=O)(=O)[O-])c2c2sccc12. The molecular formula is C24H21NO5S3. The summed E-state index contributed by atoms with van der Waals surface area (Å²) in [5.74, 6) is 1.29. The molecule has 0 amide bonds. The van der Waals surface area contributed by atoms with Gasteiger partial charge in [-0.3, -0.25) is 0 Å². The number of hydrogen-bond acceptors (Lipinski definition) is 7. The lowest BCUT2D eigenvalue weighted by Crippen LogP contribution is -2.36. The quantitative estimate of drug-likeness (QED) is 0.269. The summed E-state index contributed by atoms with van der Waals surface area (Å²) in [4.78, 5) is 0. The van der Waals surface area contributed by atoms with E-state index < -0.39 is 10.1 Å². The van der Waals surface area contributed by atoms with Crippen molar-refractivity contribution in [1.82, 2.24) is 0 Å². The number of fused-ring (bicyclic) bond motifs is 4. The van der Waals surface area contributed by atoms with Crippen LogP contribution in [0.25, 0.3) is 32.5 Å². The van der Waals surface area contributed by atoms with Crippen LogP contribution in [0.1, 0.15) is 17.0 Å². The van der Waals surface area contributed by atoms with E-state index in [-0.39, 0.29) is 12.2 Å². The number of thiazole rings is 1. The lowest BCUT2D eigenvalue weighted by Gasteiger charge is -2.15. The Balaban J connectivity index is 1.58. The number of para-hydroxylation sites is 1. The topological polar surface area (TPSA) is 79.5 Å². The molecule has 2 aromatic carbocycles. The minimum atomic E-state index is -4.26. The van der Waals surface area contributed by atoms with Gasteiger partial charge in [-0.1, -0.05) is 29.5 Å². The van der Waals surface area contributed by atoms with Crippen LogP contribution in [-0.2, 0) is 16.7 Å². The molecular weight excluding hydrogens is 478 g/mol. The molecule has 0 aliphatic carbocycles. The summed E-state index contributed by atoms with van der Waals surface area (Å²) in [5.41, 5.74) is 3.12. The van der Waals surface area contributed by atoms with E-state index in [1.807, 2.05) is 53.9 Å². The van der Waals surface area contributed by atoms with Crippen molar-refractivity contribution in [3.05, 3.63) is 64.0 Å². The Kier molecular flexibility index (Phi) is 5.96. The normalized spacial score (nSPS) is 13.9. The number of aromatic nitrogens is 1. The number of methoxy groups -OCH3 is 1. The van der Waals surface area contributed by atoms with Crippen LogP contribution < -0.4 is 14.0 Å². The molecule has 0 atom stereocenters. The molecule has 0 N–H and O–H groups in total. The molecule has 0 spiro atoms. The van der Waals surface area contributed by atoms with Crippen molar-refractivity contribution in [2.45, 2.75) is 13.0 Å². The van der Waals surface area contributed by atoms with E-state index in [1.54, 1.807) is 29.8 Å². The Hall–Kier alpha value is -2.72. The Bertz CT molecular complexity index is 1510. The lowest BCUT2D eigenvalue weighted by atomic mass is 10.1. The summed E-state index contributed by atoms with van der Waals surface area (Å²) >= 11 is 3.23. The monoisotopic (exact) mass is 499 g/mol. The molecule has 6 nitrogen and oxygen atoms in total. The first kappa shape index (κ1) is 22.1. The molecule has 9 heteroatoms. The third kappa shape index (κ3) is 4.54. The van der Waals surface area contributed by atoms with Gasteiger partial charge in [0.15, 0.2) is 6.54 Å². The molecule has 33 heavy (non-hydrogen) atoms. The minimum Gasteiger partial charge on any atom is -0.748 e. The summed E-state index contributed by atoms with van der Waals surface area (Å²) in [7, 11) is -2.60. The van der Waals surface area contributed by atoms with Crippen LogP contribution in [0.5, 0.6) is 11.5 Å². The zero-order chi connectivity index (χ0) is 23.0. The fourth-order valence-electron chi connectivity index (χ4n) is 4.00. The highest BCUT2D eigenvalue weighted by Gasteiger charge is 2.24. The molecule has 5 rings (SSSR count). The van der Waals surface area contributed by atoms with Gasteiger partial charge in [-0.25, -0.2) is 8.42 Å².